The molecule has 3 aromatic rings. The van der Waals surface area contributed by atoms with Gasteiger partial charge in [-0.15, -0.1) is 0 Å². The van der Waals surface area contributed by atoms with E-state index in [1.165, 1.54) is 7.11 Å². The smallest absolute Gasteiger partial charge is 0.262 e. The molecule has 1 fully saturated rings. The van der Waals surface area contributed by atoms with E-state index in [1.807, 2.05) is 17.5 Å². The van der Waals surface area contributed by atoms with Crippen LogP contribution >= 0.6 is 0 Å². The molecule has 1 saturated heterocycles. The average Bonchev–Trinajstić information content (AvgIpc) is 3.18. The quantitative estimate of drug-likeness (QED) is 0.682. The van der Waals surface area contributed by atoms with Crippen LogP contribution in [0.2, 0.25) is 0 Å². The van der Waals surface area contributed by atoms with Crippen molar-refractivity contribution in [2.24, 2.45) is 0 Å². The lowest BCUT2D eigenvalue weighted by molar-refractivity contribution is 0.0846. The van der Waals surface area contributed by atoms with Crippen molar-refractivity contribution in [3.63, 3.8) is 0 Å². The van der Waals surface area contributed by atoms with E-state index < -0.39 is 0 Å². The lowest BCUT2D eigenvalue weighted by atomic mass is 9.97. The van der Waals surface area contributed by atoms with Gasteiger partial charge in [-0.05, 0) is 31.9 Å². The third-order valence-electron chi connectivity index (χ3n) is 4.80. The number of carbonyl (C=O) groups is 1. The summed E-state index contributed by atoms with van der Waals surface area (Å²) in [5, 5.41) is 2.79. The molecule has 1 amide bonds. The first-order chi connectivity index (χ1) is 14.2. The van der Waals surface area contributed by atoms with Crippen molar-refractivity contribution in [2.45, 2.75) is 25.7 Å². The van der Waals surface area contributed by atoms with Gasteiger partial charge in [0.1, 0.15) is 5.56 Å². The highest BCUT2D eigenvalue weighted by atomic mass is 16.5. The Morgan fingerprint density at radius 2 is 2.10 bits per heavy atom. The Labute approximate surface area is 168 Å². The molecule has 9 nitrogen and oxygen atoms in total. The number of fused-ring (bicyclic) bond motifs is 1. The van der Waals surface area contributed by atoms with Gasteiger partial charge in [-0.25, -0.2) is 9.97 Å². The van der Waals surface area contributed by atoms with Crippen molar-refractivity contribution >= 4 is 17.4 Å². The number of methoxy groups -OCH3 is 1. The lowest BCUT2D eigenvalue weighted by Crippen LogP contribution is -2.16. The summed E-state index contributed by atoms with van der Waals surface area (Å²) in [4.78, 5) is 26.0. The van der Waals surface area contributed by atoms with Crippen molar-refractivity contribution in [1.29, 1.82) is 0 Å². The maximum absolute atomic E-state index is 12.7. The van der Waals surface area contributed by atoms with Gasteiger partial charge in [-0.3, -0.25) is 9.20 Å². The molecule has 0 unspecified atom stereocenters. The van der Waals surface area contributed by atoms with Crippen molar-refractivity contribution in [1.82, 2.24) is 19.4 Å². The monoisotopic (exact) mass is 397 g/mol. The van der Waals surface area contributed by atoms with Gasteiger partial charge < -0.3 is 19.5 Å². The number of pyridine rings is 1. The molecule has 0 atom stereocenters. The molecule has 152 valence electrons. The van der Waals surface area contributed by atoms with Crippen LogP contribution in [0, 0.1) is 0 Å². The minimum absolute atomic E-state index is 0.282. The number of imidazole rings is 1. The van der Waals surface area contributed by atoms with E-state index in [0.717, 1.165) is 31.7 Å². The van der Waals surface area contributed by atoms with Crippen LogP contribution in [0.3, 0.4) is 0 Å². The summed E-state index contributed by atoms with van der Waals surface area (Å²) in [7, 11) is 1.53. The highest BCUT2D eigenvalue weighted by molar-refractivity contribution is 6.05. The zero-order valence-electron chi connectivity index (χ0n) is 16.4. The molecule has 1 aliphatic rings. The Hall–Kier alpha value is -3.20. The van der Waals surface area contributed by atoms with Crippen molar-refractivity contribution < 1.29 is 19.0 Å². The number of hydrogen-bond donors (Lipinski definition) is 1. The van der Waals surface area contributed by atoms with Gasteiger partial charge in [0.2, 0.25) is 11.5 Å². The predicted molar refractivity (Wildman–Crippen MR) is 106 cm³/mol. The summed E-state index contributed by atoms with van der Waals surface area (Å²) in [6.07, 6.45) is 7.14. The zero-order chi connectivity index (χ0) is 20.2. The van der Waals surface area contributed by atoms with Crippen LogP contribution in [0.25, 0.3) is 5.65 Å². The molecule has 0 spiro atoms. The number of rotatable bonds is 6. The largest absolute Gasteiger partial charge is 0.478 e. The Bertz CT molecular complexity index is 1010. The average molecular weight is 397 g/mol. The van der Waals surface area contributed by atoms with Crippen LogP contribution < -0.4 is 14.8 Å². The predicted octanol–water partition coefficient (Wildman–Crippen LogP) is 2.68. The fraction of sp³-hybridized carbons (Fsp3) is 0.400. The molecule has 9 heteroatoms. The van der Waals surface area contributed by atoms with Crippen LogP contribution in [0.1, 0.15) is 41.7 Å². The van der Waals surface area contributed by atoms with Crippen LogP contribution in [0.4, 0.5) is 5.82 Å². The summed E-state index contributed by atoms with van der Waals surface area (Å²) in [5.74, 6) is 0.958. The summed E-state index contributed by atoms with van der Waals surface area (Å²) in [6, 6.07) is 3.34. The van der Waals surface area contributed by atoms with Crippen LogP contribution in [0.15, 0.2) is 30.7 Å². The number of nitrogens with zero attached hydrogens (tertiary/aromatic N) is 4. The minimum Gasteiger partial charge on any atom is -0.478 e. The summed E-state index contributed by atoms with van der Waals surface area (Å²) in [5.41, 5.74) is 1.93. The van der Waals surface area contributed by atoms with E-state index in [0.29, 0.717) is 35.4 Å². The van der Waals surface area contributed by atoms with Gasteiger partial charge >= 0.3 is 0 Å². The highest BCUT2D eigenvalue weighted by Gasteiger charge is 2.21. The molecule has 0 aliphatic carbocycles. The number of nitrogens with one attached hydrogen (secondary N) is 1. The second-order valence-corrected chi connectivity index (χ2v) is 6.66. The van der Waals surface area contributed by atoms with E-state index in [-0.39, 0.29) is 11.8 Å². The lowest BCUT2D eigenvalue weighted by Gasteiger charge is -2.19. The Balaban J connectivity index is 1.63. The van der Waals surface area contributed by atoms with E-state index in [2.05, 4.69) is 15.3 Å². The van der Waals surface area contributed by atoms with E-state index >= 15 is 0 Å². The van der Waals surface area contributed by atoms with Gasteiger partial charge in [-0.2, -0.15) is 4.98 Å². The van der Waals surface area contributed by atoms with E-state index in [1.54, 1.807) is 24.5 Å². The van der Waals surface area contributed by atoms with Gasteiger partial charge in [0.25, 0.3) is 11.8 Å². The number of amides is 1. The van der Waals surface area contributed by atoms with Gasteiger partial charge in [-0.1, -0.05) is 0 Å². The molecule has 1 N–H and O–H groups in total. The fourth-order valence-electron chi connectivity index (χ4n) is 3.38. The van der Waals surface area contributed by atoms with Crippen LogP contribution in [-0.4, -0.2) is 52.2 Å². The number of carbonyl (C=O) groups excluding carboxylic acids is 1. The van der Waals surface area contributed by atoms with Gasteiger partial charge in [0.15, 0.2) is 5.82 Å². The fourth-order valence-corrected chi connectivity index (χ4v) is 3.38. The SMILES string of the molecule is CCOc1ncccc1C(=O)Nc1cn2cc(C3CCOCC3)nc2c(OC)n1. The van der Waals surface area contributed by atoms with Crippen molar-refractivity contribution in [2.75, 3.05) is 32.2 Å². The normalized spacial score (nSPS) is 14.7. The third-order valence-corrected chi connectivity index (χ3v) is 4.80. The number of aromatic nitrogens is 4. The molecular formula is C20H23N5O4. The molecule has 29 heavy (non-hydrogen) atoms. The second kappa shape index (κ2) is 8.44. The summed E-state index contributed by atoms with van der Waals surface area (Å²) in [6.45, 7) is 3.73. The molecular weight excluding hydrogens is 374 g/mol. The molecule has 0 aromatic carbocycles. The molecule has 4 heterocycles. The van der Waals surface area contributed by atoms with Crippen molar-refractivity contribution in [3.8, 4) is 11.8 Å². The summed E-state index contributed by atoms with van der Waals surface area (Å²) < 4.78 is 18.1. The number of anilines is 1. The maximum atomic E-state index is 12.7. The Morgan fingerprint density at radius 1 is 1.28 bits per heavy atom. The molecule has 3 aromatic heterocycles. The van der Waals surface area contributed by atoms with Gasteiger partial charge in [0, 0.05) is 31.5 Å². The molecule has 1 aliphatic heterocycles. The van der Waals surface area contributed by atoms with Gasteiger partial charge in [0.05, 0.1) is 25.6 Å². The highest BCUT2D eigenvalue weighted by Crippen LogP contribution is 2.29. The second-order valence-electron chi connectivity index (χ2n) is 6.66. The molecule has 0 saturated carbocycles. The maximum Gasteiger partial charge on any atom is 0.262 e. The first-order valence-corrected chi connectivity index (χ1v) is 9.60. The van der Waals surface area contributed by atoms with E-state index in [9.17, 15) is 4.79 Å². The number of hydrogen-bond acceptors (Lipinski definition) is 7. The first-order valence-electron chi connectivity index (χ1n) is 9.60. The topological polar surface area (TPSA) is 99.9 Å². The Kier molecular flexibility index (Phi) is 5.57. The molecule has 0 bridgehead atoms. The van der Waals surface area contributed by atoms with Crippen molar-refractivity contribution in [3.05, 3.63) is 42.0 Å². The minimum atomic E-state index is -0.361. The summed E-state index contributed by atoms with van der Waals surface area (Å²) >= 11 is 0. The van der Waals surface area contributed by atoms with Crippen LogP contribution in [-0.2, 0) is 4.74 Å². The standard InChI is InChI=1S/C20H23N5O4/c1-3-29-19-14(5-4-8-21-19)18(26)23-16-12-25-11-15(13-6-9-28-10-7-13)22-17(25)20(24-16)27-2/h4-5,8,11-13H,3,6-7,9-10H2,1-2H3,(H,23,26). The first kappa shape index (κ1) is 19.1. The van der Waals surface area contributed by atoms with Crippen LogP contribution in [0.5, 0.6) is 11.8 Å². The third kappa shape index (κ3) is 4.00. The Morgan fingerprint density at radius 3 is 2.86 bits per heavy atom. The molecule has 0 radical (unpaired) electrons. The number of ether oxygens (including phenoxy) is 3. The zero-order valence-corrected chi connectivity index (χ0v) is 16.4. The van der Waals surface area contributed by atoms with E-state index in [4.69, 9.17) is 19.2 Å². The molecule has 4 rings (SSSR count).